The van der Waals surface area contributed by atoms with E-state index in [1.54, 1.807) is 0 Å². The van der Waals surface area contributed by atoms with Crippen LogP contribution in [0.25, 0.3) is 0 Å². The van der Waals surface area contributed by atoms with Crippen LogP contribution in [0.15, 0.2) is 4.47 Å². The van der Waals surface area contributed by atoms with Crippen LogP contribution in [-0.4, -0.2) is 53.4 Å². The van der Waals surface area contributed by atoms with Gasteiger partial charge in [-0.3, -0.25) is 9.48 Å². The number of ether oxygens (including phenoxy) is 1. The van der Waals surface area contributed by atoms with Gasteiger partial charge < -0.3 is 15.0 Å². The fraction of sp³-hybridized carbons (Fsp3) is 0.714. The number of carbonyl (C=O) groups excluding carboxylic acids is 1. The van der Waals surface area contributed by atoms with Gasteiger partial charge in [0.25, 0.3) is 0 Å². The highest BCUT2D eigenvalue weighted by atomic mass is 79.9. The molecular formula is C14H23BrN4O2. The second-order valence-electron chi connectivity index (χ2n) is 5.08. The standard InChI is InChI=1S/C14H23BrN4O2/c1-3-19-12(14(15)11(2)17-19)10-16-5-4-13(20)18-6-8-21-9-7-18/h16H,3-10H2,1-2H3. The van der Waals surface area contributed by atoms with Crippen molar-refractivity contribution in [3.63, 3.8) is 0 Å². The highest BCUT2D eigenvalue weighted by molar-refractivity contribution is 9.10. The van der Waals surface area contributed by atoms with Crippen molar-refractivity contribution >= 4 is 21.8 Å². The van der Waals surface area contributed by atoms with Crippen LogP contribution in [0.4, 0.5) is 0 Å². The van der Waals surface area contributed by atoms with E-state index in [2.05, 4.69) is 33.3 Å². The van der Waals surface area contributed by atoms with Gasteiger partial charge in [0.2, 0.25) is 5.91 Å². The van der Waals surface area contributed by atoms with Gasteiger partial charge in [0.15, 0.2) is 0 Å². The Bertz CT molecular complexity index is 484. The van der Waals surface area contributed by atoms with Crippen LogP contribution in [0.3, 0.4) is 0 Å². The number of nitrogens with zero attached hydrogens (tertiary/aromatic N) is 3. The minimum absolute atomic E-state index is 0.199. The third-order valence-corrected chi connectivity index (χ3v) is 4.66. The van der Waals surface area contributed by atoms with E-state index in [1.807, 2.05) is 16.5 Å². The molecule has 2 heterocycles. The van der Waals surface area contributed by atoms with Crippen LogP contribution in [0.2, 0.25) is 0 Å². The van der Waals surface area contributed by atoms with Crippen molar-refractivity contribution in [2.45, 2.75) is 33.4 Å². The molecule has 0 saturated carbocycles. The van der Waals surface area contributed by atoms with E-state index in [-0.39, 0.29) is 5.91 Å². The zero-order chi connectivity index (χ0) is 15.2. The highest BCUT2D eigenvalue weighted by Gasteiger charge is 2.16. The maximum absolute atomic E-state index is 12.0. The first kappa shape index (κ1) is 16.5. The average Bonchev–Trinajstić information content (AvgIpc) is 2.79. The molecule has 0 spiro atoms. The summed E-state index contributed by atoms with van der Waals surface area (Å²) in [7, 11) is 0. The smallest absolute Gasteiger partial charge is 0.224 e. The van der Waals surface area contributed by atoms with Gasteiger partial charge in [-0.05, 0) is 29.8 Å². The van der Waals surface area contributed by atoms with Gasteiger partial charge in [-0.1, -0.05) is 0 Å². The first-order valence-corrected chi connectivity index (χ1v) is 8.20. The van der Waals surface area contributed by atoms with Gasteiger partial charge in [-0.15, -0.1) is 0 Å². The summed E-state index contributed by atoms with van der Waals surface area (Å²) in [5.41, 5.74) is 2.13. The Balaban J connectivity index is 1.75. The molecule has 1 aliphatic rings. The first-order chi connectivity index (χ1) is 10.1. The SMILES string of the molecule is CCn1nc(C)c(Br)c1CNCCC(=O)N1CCOCC1. The molecule has 0 atom stereocenters. The second kappa shape index (κ2) is 7.91. The lowest BCUT2D eigenvalue weighted by molar-refractivity contribution is -0.135. The monoisotopic (exact) mass is 358 g/mol. The minimum Gasteiger partial charge on any atom is -0.378 e. The zero-order valence-corrected chi connectivity index (χ0v) is 14.3. The van der Waals surface area contributed by atoms with E-state index in [0.717, 1.165) is 22.4 Å². The van der Waals surface area contributed by atoms with E-state index in [4.69, 9.17) is 4.74 Å². The van der Waals surface area contributed by atoms with Crippen molar-refractivity contribution in [2.24, 2.45) is 0 Å². The van der Waals surface area contributed by atoms with E-state index >= 15 is 0 Å². The van der Waals surface area contributed by atoms with Gasteiger partial charge in [0, 0.05) is 39.1 Å². The van der Waals surface area contributed by atoms with Gasteiger partial charge in [0.1, 0.15) is 0 Å². The van der Waals surface area contributed by atoms with Crippen LogP contribution in [-0.2, 0) is 22.6 Å². The fourth-order valence-corrected chi connectivity index (χ4v) is 2.84. The van der Waals surface area contributed by atoms with E-state index in [1.165, 1.54) is 0 Å². The number of amides is 1. The van der Waals surface area contributed by atoms with Gasteiger partial charge in [-0.2, -0.15) is 5.10 Å². The predicted octanol–water partition coefficient (Wildman–Crippen LogP) is 1.31. The average molecular weight is 359 g/mol. The summed E-state index contributed by atoms with van der Waals surface area (Å²) in [6, 6.07) is 0. The Morgan fingerprint density at radius 3 is 2.81 bits per heavy atom. The molecule has 1 aliphatic heterocycles. The topological polar surface area (TPSA) is 59.4 Å². The molecule has 0 radical (unpaired) electrons. The van der Waals surface area contributed by atoms with Crippen molar-refractivity contribution in [3.8, 4) is 0 Å². The molecule has 7 heteroatoms. The largest absolute Gasteiger partial charge is 0.378 e. The maximum Gasteiger partial charge on any atom is 0.224 e. The van der Waals surface area contributed by atoms with E-state index in [9.17, 15) is 4.79 Å². The number of nitrogens with one attached hydrogen (secondary N) is 1. The molecule has 0 unspecified atom stereocenters. The molecule has 1 fully saturated rings. The van der Waals surface area contributed by atoms with Crippen LogP contribution in [0, 0.1) is 6.92 Å². The Morgan fingerprint density at radius 2 is 2.14 bits per heavy atom. The van der Waals surface area contributed by atoms with Crippen molar-refractivity contribution in [1.29, 1.82) is 0 Å². The zero-order valence-electron chi connectivity index (χ0n) is 12.7. The van der Waals surface area contributed by atoms with Crippen LogP contribution in [0.1, 0.15) is 24.7 Å². The van der Waals surface area contributed by atoms with Gasteiger partial charge in [-0.25, -0.2) is 0 Å². The number of hydrogen-bond donors (Lipinski definition) is 1. The number of halogens is 1. The molecule has 0 aromatic carbocycles. The number of hydrogen-bond acceptors (Lipinski definition) is 4. The lowest BCUT2D eigenvalue weighted by Gasteiger charge is -2.26. The molecule has 6 nitrogen and oxygen atoms in total. The van der Waals surface area contributed by atoms with Crippen LogP contribution >= 0.6 is 15.9 Å². The summed E-state index contributed by atoms with van der Waals surface area (Å²) in [4.78, 5) is 13.9. The number of aromatic nitrogens is 2. The van der Waals surface area contributed by atoms with Crippen LogP contribution < -0.4 is 5.32 Å². The predicted molar refractivity (Wildman–Crippen MR) is 84.1 cm³/mol. The third kappa shape index (κ3) is 4.28. The van der Waals surface area contributed by atoms with Crippen molar-refractivity contribution < 1.29 is 9.53 Å². The fourth-order valence-electron chi connectivity index (χ4n) is 2.41. The number of morpholine rings is 1. The summed E-state index contributed by atoms with van der Waals surface area (Å²) in [6.45, 7) is 9.03. The van der Waals surface area contributed by atoms with Crippen LogP contribution in [0.5, 0.6) is 0 Å². The molecule has 0 aliphatic carbocycles. The molecule has 1 N–H and O–H groups in total. The molecule has 21 heavy (non-hydrogen) atoms. The lowest BCUT2D eigenvalue weighted by Crippen LogP contribution is -2.41. The van der Waals surface area contributed by atoms with Crippen molar-refractivity contribution in [1.82, 2.24) is 20.0 Å². The highest BCUT2D eigenvalue weighted by Crippen LogP contribution is 2.20. The van der Waals surface area contributed by atoms with Crippen molar-refractivity contribution in [2.75, 3.05) is 32.8 Å². The summed E-state index contributed by atoms with van der Waals surface area (Å²) in [6.07, 6.45) is 0.525. The Hall–Kier alpha value is -0.920. The normalized spacial score (nSPS) is 15.5. The molecular weight excluding hydrogens is 336 g/mol. The quantitative estimate of drug-likeness (QED) is 0.779. The number of carbonyl (C=O) groups is 1. The minimum atomic E-state index is 0.199. The van der Waals surface area contributed by atoms with Gasteiger partial charge >= 0.3 is 0 Å². The number of rotatable bonds is 6. The van der Waals surface area contributed by atoms with Crippen molar-refractivity contribution in [3.05, 3.63) is 15.9 Å². The molecule has 1 saturated heterocycles. The first-order valence-electron chi connectivity index (χ1n) is 7.41. The third-order valence-electron chi connectivity index (χ3n) is 3.62. The maximum atomic E-state index is 12.0. The second-order valence-corrected chi connectivity index (χ2v) is 5.87. The molecule has 1 aromatic rings. The Morgan fingerprint density at radius 1 is 1.43 bits per heavy atom. The summed E-state index contributed by atoms with van der Waals surface area (Å²) in [5.74, 6) is 0.199. The Labute approximate surface area is 133 Å². The summed E-state index contributed by atoms with van der Waals surface area (Å²) < 4.78 is 8.28. The molecule has 1 aromatic heterocycles. The Kier molecular flexibility index (Phi) is 6.20. The van der Waals surface area contributed by atoms with E-state index in [0.29, 0.717) is 45.8 Å². The van der Waals surface area contributed by atoms with Gasteiger partial charge in [0.05, 0.1) is 29.1 Å². The molecule has 118 valence electrons. The molecule has 0 bridgehead atoms. The summed E-state index contributed by atoms with van der Waals surface area (Å²) >= 11 is 3.57. The molecule has 2 rings (SSSR count). The lowest BCUT2D eigenvalue weighted by atomic mass is 10.3. The van der Waals surface area contributed by atoms with E-state index < -0.39 is 0 Å². The summed E-state index contributed by atoms with van der Waals surface area (Å²) in [5, 5.41) is 7.79. The number of aryl methyl sites for hydroxylation is 2. The molecule has 1 amide bonds.